The zero-order chi connectivity index (χ0) is 20.1. The second-order valence-corrected chi connectivity index (χ2v) is 6.41. The minimum absolute atomic E-state index is 0.0315. The number of ether oxygens (including phenoxy) is 1. The molecule has 1 heterocycles. The van der Waals surface area contributed by atoms with E-state index in [-0.39, 0.29) is 11.3 Å². The van der Waals surface area contributed by atoms with Crippen molar-refractivity contribution in [2.45, 2.75) is 13.5 Å². The molecule has 1 N–H and O–H groups in total. The number of ketones is 1. The Morgan fingerprint density at radius 2 is 1.86 bits per heavy atom. The Bertz CT molecular complexity index is 1030. The van der Waals surface area contributed by atoms with Gasteiger partial charge in [-0.25, -0.2) is 4.79 Å². The first kappa shape index (κ1) is 19.2. The summed E-state index contributed by atoms with van der Waals surface area (Å²) in [6.45, 7) is 2.48. The molecule has 0 spiro atoms. The Kier molecular flexibility index (Phi) is 5.75. The second-order valence-electron chi connectivity index (χ2n) is 6.41. The number of carboxylic acid groups (broad SMARTS) is 1. The number of hydrogen-bond donors (Lipinski definition) is 1. The van der Waals surface area contributed by atoms with Gasteiger partial charge in [0.05, 0.1) is 12.8 Å². The van der Waals surface area contributed by atoms with E-state index >= 15 is 0 Å². The van der Waals surface area contributed by atoms with E-state index in [1.165, 1.54) is 7.11 Å². The Morgan fingerprint density at radius 3 is 2.54 bits per heavy atom. The van der Waals surface area contributed by atoms with Crippen molar-refractivity contribution >= 4 is 17.8 Å². The number of hydrogen-bond acceptors (Lipinski definition) is 3. The van der Waals surface area contributed by atoms with Gasteiger partial charge in [0.2, 0.25) is 5.78 Å². The van der Waals surface area contributed by atoms with Gasteiger partial charge in [-0.1, -0.05) is 48.0 Å². The van der Waals surface area contributed by atoms with Gasteiger partial charge in [-0.3, -0.25) is 4.79 Å². The first-order valence-electron chi connectivity index (χ1n) is 8.84. The van der Waals surface area contributed by atoms with E-state index in [1.54, 1.807) is 24.3 Å². The van der Waals surface area contributed by atoms with Gasteiger partial charge in [0.15, 0.2) is 0 Å². The Morgan fingerprint density at radius 1 is 1.11 bits per heavy atom. The van der Waals surface area contributed by atoms with Gasteiger partial charge in [-0.05, 0) is 36.8 Å². The lowest BCUT2D eigenvalue weighted by atomic mass is 10.1. The summed E-state index contributed by atoms with van der Waals surface area (Å²) < 4.78 is 6.93. The largest absolute Gasteiger partial charge is 0.496 e. The quantitative estimate of drug-likeness (QED) is 0.620. The lowest BCUT2D eigenvalue weighted by Gasteiger charge is -2.07. The van der Waals surface area contributed by atoms with Crippen LogP contribution in [0.2, 0.25) is 0 Å². The van der Waals surface area contributed by atoms with Gasteiger partial charge in [-0.2, -0.15) is 0 Å². The van der Waals surface area contributed by atoms with E-state index in [1.807, 2.05) is 60.2 Å². The third-order valence-corrected chi connectivity index (χ3v) is 4.44. The molecule has 2 aromatic carbocycles. The van der Waals surface area contributed by atoms with Crippen molar-refractivity contribution in [2.75, 3.05) is 7.11 Å². The van der Waals surface area contributed by atoms with Crippen LogP contribution in [-0.4, -0.2) is 28.5 Å². The number of rotatable bonds is 7. The second kappa shape index (κ2) is 8.39. The Hall–Kier alpha value is -3.60. The van der Waals surface area contributed by atoms with Crippen molar-refractivity contribution in [3.05, 3.63) is 94.8 Å². The molecule has 0 aliphatic rings. The monoisotopic (exact) mass is 375 g/mol. The Labute approximate surface area is 163 Å². The number of allylic oxidation sites excluding steroid dienone is 1. The van der Waals surface area contributed by atoms with Crippen molar-refractivity contribution in [1.29, 1.82) is 0 Å². The molecule has 0 amide bonds. The van der Waals surface area contributed by atoms with Crippen molar-refractivity contribution in [1.82, 2.24) is 4.57 Å². The molecule has 0 saturated heterocycles. The maximum Gasteiger partial charge on any atom is 0.339 e. The van der Waals surface area contributed by atoms with Crippen LogP contribution < -0.4 is 4.74 Å². The molecule has 0 saturated carbocycles. The van der Waals surface area contributed by atoms with E-state index in [4.69, 9.17) is 4.74 Å². The number of aromatic nitrogens is 1. The van der Waals surface area contributed by atoms with Gasteiger partial charge in [-0.15, -0.1) is 0 Å². The highest BCUT2D eigenvalue weighted by molar-refractivity contribution is 6.08. The van der Waals surface area contributed by atoms with E-state index < -0.39 is 5.97 Å². The first-order valence-corrected chi connectivity index (χ1v) is 8.84. The summed E-state index contributed by atoms with van der Waals surface area (Å²) in [7, 11) is 1.44. The van der Waals surface area contributed by atoms with Gasteiger partial charge in [0.25, 0.3) is 0 Å². The fourth-order valence-corrected chi connectivity index (χ4v) is 2.93. The molecule has 1 aromatic heterocycles. The van der Waals surface area contributed by atoms with Crippen LogP contribution in [0.1, 0.15) is 37.5 Å². The molecule has 0 aliphatic heterocycles. The number of methoxy groups -OCH3 is 1. The summed E-state index contributed by atoms with van der Waals surface area (Å²) in [5, 5.41) is 9.27. The number of nitrogens with zero attached hydrogens (tertiary/aromatic N) is 1. The smallest absolute Gasteiger partial charge is 0.339 e. The van der Waals surface area contributed by atoms with Gasteiger partial charge < -0.3 is 14.4 Å². The number of carboxylic acids is 1. The standard InChI is InChI=1S/C23H21NO4/c1-16-7-10-18(11-8-16)22(25)20-6-4-14-24(20)13-3-5-17-9-12-21(28-2)19(15-17)23(26)27/h3-12,14-15H,13H2,1-2H3,(H,26,27)/b5-3+. The molecule has 0 unspecified atom stereocenters. The summed E-state index contributed by atoms with van der Waals surface area (Å²) >= 11 is 0. The minimum atomic E-state index is -1.04. The van der Waals surface area contributed by atoms with Crippen molar-refractivity contribution in [3.8, 4) is 5.75 Å². The molecule has 3 aromatic rings. The lowest BCUT2D eigenvalue weighted by Crippen LogP contribution is -2.09. The van der Waals surface area contributed by atoms with Crippen molar-refractivity contribution in [3.63, 3.8) is 0 Å². The summed E-state index contributed by atoms with van der Waals surface area (Å²) in [5.41, 5.74) is 3.22. The third kappa shape index (κ3) is 4.20. The molecule has 0 fully saturated rings. The normalized spacial score (nSPS) is 10.9. The van der Waals surface area contributed by atoms with E-state index in [9.17, 15) is 14.7 Å². The predicted octanol–water partition coefficient (Wildman–Crippen LogP) is 4.45. The first-order chi connectivity index (χ1) is 13.5. The number of aromatic carboxylic acids is 1. The maximum atomic E-state index is 12.7. The highest BCUT2D eigenvalue weighted by atomic mass is 16.5. The highest BCUT2D eigenvalue weighted by Gasteiger charge is 2.13. The fraction of sp³-hybridized carbons (Fsp3) is 0.130. The highest BCUT2D eigenvalue weighted by Crippen LogP contribution is 2.21. The van der Waals surface area contributed by atoms with Crippen molar-refractivity contribution < 1.29 is 19.4 Å². The van der Waals surface area contributed by atoms with Gasteiger partial charge in [0.1, 0.15) is 11.3 Å². The number of benzene rings is 2. The maximum absolute atomic E-state index is 12.7. The average molecular weight is 375 g/mol. The summed E-state index contributed by atoms with van der Waals surface area (Å²) in [5.74, 6) is -0.749. The van der Waals surface area contributed by atoms with Crippen LogP contribution in [0.15, 0.2) is 66.9 Å². The van der Waals surface area contributed by atoms with E-state index in [0.717, 1.165) is 11.1 Å². The summed E-state index contributed by atoms with van der Waals surface area (Å²) in [4.78, 5) is 24.1. The molecule has 0 aliphatic carbocycles. The van der Waals surface area contributed by atoms with Crippen LogP contribution in [0.25, 0.3) is 6.08 Å². The molecule has 0 radical (unpaired) electrons. The number of carbonyl (C=O) groups is 2. The third-order valence-electron chi connectivity index (χ3n) is 4.44. The SMILES string of the molecule is COc1ccc(/C=C/Cn2cccc2C(=O)c2ccc(C)cc2)cc1C(=O)O. The average Bonchev–Trinajstić information content (AvgIpc) is 3.16. The van der Waals surface area contributed by atoms with Crippen LogP contribution in [0.3, 0.4) is 0 Å². The number of aryl methyl sites for hydroxylation is 1. The van der Waals surface area contributed by atoms with Crippen molar-refractivity contribution in [2.24, 2.45) is 0 Å². The molecular weight excluding hydrogens is 354 g/mol. The number of carbonyl (C=O) groups excluding carboxylic acids is 1. The van der Waals surface area contributed by atoms with E-state index in [0.29, 0.717) is 23.6 Å². The molecular formula is C23H21NO4. The van der Waals surface area contributed by atoms with Crippen LogP contribution in [0, 0.1) is 6.92 Å². The zero-order valence-corrected chi connectivity index (χ0v) is 15.8. The molecule has 5 heteroatoms. The Balaban J connectivity index is 1.76. The van der Waals surface area contributed by atoms with Crippen LogP contribution in [0.5, 0.6) is 5.75 Å². The van der Waals surface area contributed by atoms with Crippen LogP contribution in [-0.2, 0) is 6.54 Å². The van der Waals surface area contributed by atoms with Crippen LogP contribution in [0.4, 0.5) is 0 Å². The van der Waals surface area contributed by atoms with Gasteiger partial charge in [0, 0.05) is 18.3 Å². The lowest BCUT2D eigenvalue weighted by molar-refractivity contribution is 0.0693. The molecule has 28 heavy (non-hydrogen) atoms. The van der Waals surface area contributed by atoms with Crippen LogP contribution >= 0.6 is 0 Å². The minimum Gasteiger partial charge on any atom is -0.496 e. The van der Waals surface area contributed by atoms with E-state index in [2.05, 4.69) is 0 Å². The molecule has 5 nitrogen and oxygen atoms in total. The molecule has 0 atom stereocenters. The molecule has 3 rings (SSSR count). The molecule has 142 valence electrons. The predicted molar refractivity (Wildman–Crippen MR) is 108 cm³/mol. The topological polar surface area (TPSA) is 68.5 Å². The zero-order valence-electron chi connectivity index (χ0n) is 15.8. The summed E-state index contributed by atoms with van der Waals surface area (Å²) in [6.07, 6.45) is 5.56. The molecule has 0 bridgehead atoms. The summed E-state index contributed by atoms with van der Waals surface area (Å²) in [6, 6.07) is 16.1. The fourth-order valence-electron chi connectivity index (χ4n) is 2.93. The van der Waals surface area contributed by atoms with Gasteiger partial charge >= 0.3 is 5.97 Å².